The van der Waals surface area contributed by atoms with Gasteiger partial charge in [0, 0.05) is 28.5 Å². The van der Waals surface area contributed by atoms with Gasteiger partial charge in [0.25, 0.3) is 5.91 Å². The minimum atomic E-state index is -0.524. The molecule has 7 heteroatoms. The topological polar surface area (TPSA) is 79.6 Å². The summed E-state index contributed by atoms with van der Waals surface area (Å²) in [7, 11) is 0. The highest BCUT2D eigenvalue weighted by Crippen LogP contribution is 2.48. The van der Waals surface area contributed by atoms with E-state index in [1.54, 1.807) is 40.9 Å². The van der Waals surface area contributed by atoms with Crippen molar-refractivity contribution in [1.82, 2.24) is 4.90 Å². The third-order valence-corrected chi connectivity index (χ3v) is 6.19. The fourth-order valence-electron chi connectivity index (χ4n) is 3.62. The zero-order valence-electron chi connectivity index (χ0n) is 14.0. The Morgan fingerprint density at radius 1 is 1.11 bits per heavy atom. The smallest absolute Gasteiger partial charge is 0.336 e. The highest BCUT2D eigenvalue weighted by atomic mass is 32.2. The van der Waals surface area contributed by atoms with Crippen LogP contribution in [0.1, 0.15) is 21.3 Å². The van der Waals surface area contributed by atoms with E-state index in [1.807, 2.05) is 24.3 Å². The Morgan fingerprint density at radius 2 is 1.96 bits per heavy atom. The number of hydrogen-bond acceptors (Lipinski definition) is 5. The van der Waals surface area contributed by atoms with E-state index < -0.39 is 11.7 Å². The SMILES string of the molecule is O=C(Nc1ccc2oc(=O)ccc2c1)[C@@H]1CSC2c3ccccc3C(=O)N21. The van der Waals surface area contributed by atoms with E-state index in [4.69, 9.17) is 4.42 Å². The molecule has 0 radical (unpaired) electrons. The number of fused-ring (bicyclic) bond motifs is 4. The van der Waals surface area contributed by atoms with E-state index in [1.165, 1.54) is 6.07 Å². The van der Waals surface area contributed by atoms with Crippen molar-refractivity contribution in [3.63, 3.8) is 0 Å². The lowest BCUT2D eigenvalue weighted by atomic mass is 10.1. The number of carbonyl (C=O) groups is 2. The summed E-state index contributed by atoms with van der Waals surface area (Å²) in [5.74, 6) is 0.239. The minimum absolute atomic E-state index is 0.0963. The first-order valence-corrected chi connectivity index (χ1v) is 9.55. The molecule has 5 rings (SSSR count). The van der Waals surface area contributed by atoms with Crippen molar-refractivity contribution >= 4 is 40.2 Å². The van der Waals surface area contributed by atoms with Gasteiger partial charge in [-0.05, 0) is 35.9 Å². The molecule has 2 aromatic carbocycles. The maximum atomic E-state index is 12.9. The van der Waals surface area contributed by atoms with Crippen LogP contribution in [-0.4, -0.2) is 28.5 Å². The molecule has 3 heterocycles. The molecular weight excluding hydrogens is 364 g/mol. The third kappa shape index (κ3) is 2.54. The molecule has 0 aliphatic carbocycles. The molecule has 1 fully saturated rings. The lowest BCUT2D eigenvalue weighted by Gasteiger charge is -2.22. The molecule has 1 aromatic heterocycles. The molecule has 6 nitrogen and oxygen atoms in total. The molecule has 0 bridgehead atoms. The number of anilines is 1. The Hall–Kier alpha value is -3.06. The number of thioether (sulfide) groups is 1. The lowest BCUT2D eigenvalue weighted by molar-refractivity contribution is -0.119. The second-order valence-electron chi connectivity index (χ2n) is 6.50. The summed E-state index contributed by atoms with van der Waals surface area (Å²) in [6, 6.07) is 15.1. The molecule has 27 heavy (non-hydrogen) atoms. The van der Waals surface area contributed by atoms with Gasteiger partial charge in [0.05, 0.1) is 0 Å². The molecule has 1 N–H and O–H groups in total. The lowest BCUT2D eigenvalue weighted by Crippen LogP contribution is -2.42. The normalized spacial score (nSPS) is 20.6. The molecule has 2 aliphatic heterocycles. The van der Waals surface area contributed by atoms with Crippen molar-refractivity contribution in [2.45, 2.75) is 11.4 Å². The quantitative estimate of drug-likeness (QED) is 0.694. The predicted molar refractivity (Wildman–Crippen MR) is 103 cm³/mol. The summed E-state index contributed by atoms with van der Waals surface area (Å²) in [4.78, 5) is 38.5. The first kappa shape index (κ1) is 16.1. The van der Waals surface area contributed by atoms with Gasteiger partial charge in [-0.25, -0.2) is 4.79 Å². The number of benzene rings is 2. The van der Waals surface area contributed by atoms with Crippen molar-refractivity contribution in [2.24, 2.45) is 0 Å². The molecular formula is C20H14N2O4S. The largest absolute Gasteiger partial charge is 0.423 e. The number of hydrogen-bond donors (Lipinski definition) is 1. The van der Waals surface area contributed by atoms with Crippen LogP contribution in [0.2, 0.25) is 0 Å². The number of carbonyl (C=O) groups excluding carboxylic acids is 2. The molecule has 3 aromatic rings. The van der Waals surface area contributed by atoms with E-state index in [2.05, 4.69) is 5.32 Å². The molecule has 134 valence electrons. The van der Waals surface area contributed by atoms with Crippen LogP contribution < -0.4 is 10.9 Å². The van der Waals surface area contributed by atoms with Gasteiger partial charge in [-0.3, -0.25) is 9.59 Å². The van der Waals surface area contributed by atoms with E-state index in [9.17, 15) is 14.4 Å². The number of nitrogens with zero attached hydrogens (tertiary/aromatic N) is 1. The second kappa shape index (κ2) is 5.99. The number of rotatable bonds is 2. The molecule has 1 saturated heterocycles. The Balaban J connectivity index is 1.40. The second-order valence-corrected chi connectivity index (χ2v) is 7.61. The Bertz CT molecular complexity index is 1160. The first-order chi connectivity index (χ1) is 13.1. The van der Waals surface area contributed by atoms with Crippen LogP contribution in [0.5, 0.6) is 0 Å². The Kier molecular flexibility index (Phi) is 3.58. The van der Waals surface area contributed by atoms with Gasteiger partial charge >= 0.3 is 5.63 Å². The summed E-state index contributed by atoms with van der Waals surface area (Å²) in [5, 5.41) is 3.50. The van der Waals surface area contributed by atoms with Crippen molar-refractivity contribution in [2.75, 3.05) is 11.1 Å². The van der Waals surface area contributed by atoms with Crippen LogP contribution in [0, 0.1) is 0 Å². The fraction of sp³-hybridized carbons (Fsp3) is 0.150. The average molecular weight is 378 g/mol. The minimum Gasteiger partial charge on any atom is -0.423 e. The maximum absolute atomic E-state index is 12.9. The van der Waals surface area contributed by atoms with Crippen molar-refractivity contribution < 1.29 is 14.0 Å². The average Bonchev–Trinajstić information content (AvgIpc) is 3.23. The molecule has 2 amide bonds. The van der Waals surface area contributed by atoms with Gasteiger partial charge in [-0.1, -0.05) is 18.2 Å². The van der Waals surface area contributed by atoms with Crippen LogP contribution in [-0.2, 0) is 4.79 Å². The molecule has 0 spiro atoms. The van der Waals surface area contributed by atoms with Gasteiger partial charge < -0.3 is 14.6 Å². The van der Waals surface area contributed by atoms with E-state index >= 15 is 0 Å². The molecule has 2 aliphatic rings. The highest BCUT2D eigenvalue weighted by Gasteiger charge is 2.48. The Morgan fingerprint density at radius 3 is 2.85 bits per heavy atom. The summed E-state index contributed by atoms with van der Waals surface area (Å²) < 4.78 is 5.10. The van der Waals surface area contributed by atoms with E-state index in [0.29, 0.717) is 22.6 Å². The summed E-state index contributed by atoms with van der Waals surface area (Å²) >= 11 is 1.61. The van der Waals surface area contributed by atoms with Gasteiger partial charge in [0.1, 0.15) is 17.0 Å². The number of nitrogens with one attached hydrogen (secondary N) is 1. The third-order valence-electron chi connectivity index (χ3n) is 4.88. The van der Waals surface area contributed by atoms with Crippen molar-refractivity contribution in [3.05, 3.63) is 76.1 Å². The summed E-state index contributed by atoms with van der Waals surface area (Å²) in [5.41, 5.74) is 2.29. The van der Waals surface area contributed by atoms with Crippen LogP contribution in [0.15, 0.2) is 63.8 Å². The Labute approximate surface area is 158 Å². The van der Waals surface area contributed by atoms with Gasteiger partial charge in [-0.15, -0.1) is 11.8 Å². The predicted octanol–water partition coefficient (Wildman–Crippen LogP) is 3.00. The maximum Gasteiger partial charge on any atom is 0.336 e. The van der Waals surface area contributed by atoms with Crippen LogP contribution in [0.25, 0.3) is 11.0 Å². The van der Waals surface area contributed by atoms with Gasteiger partial charge in [-0.2, -0.15) is 0 Å². The molecule has 1 unspecified atom stereocenters. The highest BCUT2D eigenvalue weighted by molar-refractivity contribution is 7.99. The number of amides is 2. The van der Waals surface area contributed by atoms with Crippen molar-refractivity contribution in [1.29, 1.82) is 0 Å². The summed E-state index contributed by atoms with van der Waals surface area (Å²) in [6.45, 7) is 0. The van der Waals surface area contributed by atoms with Gasteiger partial charge in [0.2, 0.25) is 5.91 Å². The zero-order valence-corrected chi connectivity index (χ0v) is 14.9. The molecule has 2 atom stereocenters. The standard InChI is InChI=1S/C20H14N2O4S/c23-17-8-5-11-9-12(6-7-16(11)26-17)21-18(24)15-10-27-20-14-4-2-1-3-13(14)19(25)22(15)20/h1-9,15,20H,10H2,(H,21,24)/t15-,20?/m0/s1. The van der Waals surface area contributed by atoms with E-state index in [-0.39, 0.29) is 17.2 Å². The zero-order chi connectivity index (χ0) is 18.5. The van der Waals surface area contributed by atoms with Crippen LogP contribution >= 0.6 is 11.8 Å². The summed E-state index contributed by atoms with van der Waals surface area (Å²) in [6.07, 6.45) is 0. The monoisotopic (exact) mass is 378 g/mol. The van der Waals surface area contributed by atoms with Crippen LogP contribution in [0.3, 0.4) is 0 Å². The first-order valence-electron chi connectivity index (χ1n) is 8.50. The van der Waals surface area contributed by atoms with Crippen molar-refractivity contribution in [3.8, 4) is 0 Å². The fourth-order valence-corrected chi connectivity index (χ4v) is 5.08. The van der Waals surface area contributed by atoms with E-state index in [0.717, 1.165) is 10.9 Å². The van der Waals surface area contributed by atoms with Gasteiger partial charge in [0.15, 0.2) is 0 Å². The van der Waals surface area contributed by atoms with Crippen LogP contribution in [0.4, 0.5) is 5.69 Å². The molecule has 0 saturated carbocycles.